The molecule has 0 saturated heterocycles. The van der Waals surface area contributed by atoms with E-state index in [1.165, 1.54) is 47.0 Å². The number of nitrogens with zero attached hydrogens (tertiary/aromatic N) is 2. The molecule has 4 nitrogen and oxygen atoms in total. The molecule has 0 aliphatic carbocycles. The number of hydrogen-bond donors (Lipinski definition) is 1. The number of halogens is 3. The van der Waals surface area contributed by atoms with Gasteiger partial charge in [-0.2, -0.15) is 0 Å². The Labute approximate surface area is 159 Å². The summed E-state index contributed by atoms with van der Waals surface area (Å²) >= 11 is 6.12. The van der Waals surface area contributed by atoms with Crippen LogP contribution in [0, 0.1) is 18.6 Å². The highest BCUT2D eigenvalue weighted by atomic mass is 35.5. The van der Waals surface area contributed by atoms with Crippen molar-refractivity contribution in [1.29, 1.82) is 0 Å². The van der Waals surface area contributed by atoms with E-state index in [4.69, 9.17) is 11.6 Å². The van der Waals surface area contributed by atoms with Gasteiger partial charge in [-0.1, -0.05) is 17.7 Å². The zero-order valence-corrected chi connectivity index (χ0v) is 15.3. The second-order valence-corrected chi connectivity index (χ2v) is 6.51. The second-order valence-electron chi connectivity index (χ2n) is 6.11. The van der Waals surface area contributed by atoms with Crippen LogP contribution in [0.4, 0.5) is 8.78 Å². The molecule has 0 unspecified atom stereocenters. The van der Waals surface area contributed by atoms with Gasteiger partial charge in [-0.15, -0.1) is 0 Å². The highest BCUT2D eigenvalue weighted by Crippen LogP contribution is 2.22. The molecule has 3 aromatic rings. The first-order chi connectivity index (χ1) is 12.9. The van der Waals surface area contributed by atoms with E-state index in [0.717, 1.165) is 0 Å². The van der Waals surface area contributed by atoms with Crippen LogP contribution in [0.1, 0.15) is 16.8 Å². The minimum Gasteiger partial charge on any atom is -0.396 e. The fourth-order valence-electron chi connectivity index (χ4n) is 2.89. The van der Waals surface area contributed by atoms with Crippen molar-refractivity contribution in [2.24, 2.45) is 0 Å². The van der Waals surface area contributed by atoms with Crippen LogP contribution in [-0.4, -0.2) is 21.3 Å². The number of benzene rings is 2. The molecule has 0 bridgehead atoms. The van der Waals surface area contributed by atoms with E-state index in [0.29, 0.717) is 28.2 Å². The molecule has 0 aliphatic rings. The number of hydrogen-bond acceptors (Lipinski definition) is 3. The Balaban J connectivity index is 2.20. The molecule has 2 aromatic carbocycles. The summed E-state index contributed by atoms with van der Waals surface area (Å²) in [6.45, 7) is 1.57. The number of aliphatic hydroxyl groups excluding tert-OH is 1. The van der Waals surface area contributed by atoms with Gasteiger partial charge in [0.15, 0.2) is 0 Å². The summed E-state index contributed by atoms with van der Waals surface area (Å²) in [4.78, 5) is 17.6. The normalized spacial score (nSPS) is 11.0. The van der Waals surface area contributed by atoms with Crippen LogP contribution in [0.2, 0.25) is 5.02 Å². The predicted octanol–water partition coefficient (Wildman–Crippen LogP) is 3.73. The lowest BCUT2D eigenvalue weighted by molar-refractivity contribution is 0.298. The summed E-state index contributed by atoms with van der Waals surface area (Å²) in [5, 5.41) is 9.45. The predicted molar refractivity (Wildman–Crippen MR) is 99.9 cm³/mol. The van der Waals surface area contributed by atoms with E-state index < -0.39 is 11.6 Å². The van der Waals surface area contributed by atoms with Gasteiger partial charge in [0.2, 0.25) is 0 Å². The van der Waals surface area contributed by atoms with Gasteiger partial charge in [0.05, 0.1) is 6.54 Å². The van der Waals surface area contributed by atoms with E-state index in [9.17, 15) is 18.7 Å². The van der Waals surface area contributed by atoms with Crippen molar-refractivity contribution in [2.75, 3.05) is 6.61 Å². The van der Waals surface area contributed by atoms with Gasteiger partial charge in [-0.3, -0.25) is 9.36 Å². The van der Waals surface area contributed by atoms with Crippen LogP contribution in [0.3, 0.4) is 0 Å². The van der Waals surface area contributed by atoms with E-state index in [2.05, 4.69) is 4.98 Å². The number of aliphatic hydroxyl groups is 1. The highest BCUT2D eigenvalue weighted by Gasteiger charge is 2.17. The molecule has 3 rings (SSSR count). The minimum atomic E-state index is -0.474. The van der Waals surface area contributed by atoms with E-state index in [1.54, 1.807) is 6.92 Å². The molecule has 7 heteroatoms. The lowest BCUT2D eigenvalue weighted by Gasteiger charge is -2.16. The molecule has 0 radical (unpaired) electrons. The molecular formula is C20H17ClF2N2O2. The first-order valence-electron chi connectivity index (χ1n) is 8.31. The maximum absolute atomic E-state index is 13.3. The average molecular weight is 391 g/mol. The standard InChI is InChI=1S/C20H17ClF2N2O2/c1-12-17(8-9-26)20(27)25(11-14-4-7-16(23)10-18(14)21)19(24-12)13-2-5-15(22)6-3-13/h2-7,10,26H,8-9,11H2,1H3. The number of aryl methyl sites for hydroxylation is 1. The fourth-order valence-corrected chi connectivity index (χ4v) is 3.11. The number of rotatable bonds is 5. The van der Waals surface area contributed by atoms with Crippen LogP contribution >= 0.6 is 11.6 Å². The zero-order chi connectivity index (χ0) is 19.6. The van der Waals surface area contributed by atoms with Gasteiger partial charge < -0.3 is 5.11 Å². The van der Waals surface area contributed by atoms with Crippen molar-refractivity contribution in [3.05, 3.63) is 86.3 Å². The summed E-state index contributed by atoms with van der Waals surface area (Å²) in [6, 6.07) is 9.58. The maximum atomic E-state index is 13.3. The number of aromatic nitrogens is 2. The maximum Gasteiger partial charge on any atom is 0.257 e. The molecule has 1 heterocycles. The summed E-state index contributed by atoms with van der Waals surface area (Å²) < 4.78 is 28.0. The third-order valence-corrected chi connectivity index (χ3v) is 4.63. The van der Waals surface area contributed by atoms with Gasteiger partial charge in [0.1, 0.15) is 17.5 Å². The minimum absolute atomic E-state index is 0.0658. The van der Waals surface area contributed by atoms with Crippen LogP contribution in [0.25, 0.3) is 11.4 Å². The average Bonchev–Trinajstić information content (AvgIpc) is 2.63. The smallest absolute Gasteiger partial charge is 0.257 e. The third kappa shape index (κ3) is 4.07. The van der Waals surface area contributed by atoms with Crippen molar-refractivity contribution in [2.45, 2.75) is 19.9 Å². The van der Waals surface area contributed by atoms with Crippen molar-refractivity contribution in [3.63, 3.8) is 0 Å². The second kappa shape index (κ2) is 7.98. The first-order valence-corrected chi connectivity index (χ1v) is 8.69. The molecule has 0 amide bonds. The van der Waals surface area contributed by atoms with Crippen molar-refractivity contribution >= 4 is 11.6 Å². The van der Waals surface area contributed by atoms with Gasteiger partial charge >= 0.3 is 0 Å². The van der Waals surface area contributed by atoms with E-state index >= 15 is 0 Å². The van der Waals surface area contributed by atoms with E-state index in [-0.39, 0.29) is 30.2 Å². The Morgan fingerprint density at radius 2 is 1.78 bits per heavy atom. The summed E-state index contributed by atoms with van der Waals surface area (Å²) in [5.41, 5.74) is 1.67. The molecule has 1 aromatic heterocycles. The first kappa shape index (κ1) is 19.2. The van der Waals surface area contributed by atoms with Crippen molar-refractivity contribution in [1.82, 2.24) is 9.55 Å². The van der Waals surface area contributed by atoms with Crippen LogP contribution in [0.5, 0.6) is 0 Å². The van der Waals surface area contributed by atoms with Gasteiger partial charge in [-0.25, -0.2) is 13.8 Å². The highest BCUT2D eigenvalue weighted by molar-refractivity contribution is 6.31. The molecule has 0 saturated carbocycles. The summed E-state index contributed by atoms with van der Waals surface area (Å²) in [7, 11) is 0. The SMILES string of the molecule is Cc1nc(-c2ccc(F)cc2)n(Cc2ccc(F)cc2Cl)c(=O)c1CCO. The van der Waals surface area contributed by atoms with Gasteiger partial charge in [0, 0.05) is 34.9 Å². The molecule has 1 N–H and O–H groups in total. The van der Waals surface area contributed by atoms with Crippen LogP contribution < -0.4 is 5.56 Å². The molecule has 140 valence electrons. The molecule has 0 spiro atoms. The lowest BCUT2D eigenvalue weighted by Crippen LogP contribution is -2.29. The molecule has 0 atom stereocenters. The Morgan fingerprint density at radius 3 is 2.41 bits per heavy atom. The Kier molecular flexibility index (Phi) is 5.68. The lowest BCUT2D eigenvalue weighted by atomic mass is 10.1. The van der Waals surface area contributed by atoms with Gasteiger partial charge in [0.25, 0.3) is 5.56 Å². The van der Waals surface area contributed by atoms with Crippen molar-refractivity contribution < 1.29 is 13.9 Å². The van der Waals surface area contributed by atoms with Crippen molar-refractivity contribution in [3.8, 4) is 11.4 Å². The Morgan fingerprint density at radius 1 is 1.11 bits per heavy atom. The quantitative estimate of drug-likeness (QED) is 0.722. The largest absolute Gasteiger partial charge is 0.396 e. The zero-order valence-electron chi connectivity index (χ0n) is 14.5. The van der Waals surface area contributed by atoms with Crippen LogP contribution in [-0.2, 0) is 13.0 Å². The summed E-state index contributed by atoms with van der Waals surface area (Å²) in [6.07, 6.45) is 0.165. The fraction of sp³-hybridized carbons (Fsp3) is 0.200. The molecular weight excluding hydrogens is 374 g/mol. The molecule has 0 fully saturated rings. The Hall–Kier alpha value is -2.57. The van der Waals surface area contributed by atoms with E-state index in [1.807, 2.05) is 0 Å². The monoisotopic (exact) mass is 390 g/mol. The van der Waals surface area contributed by atoms with Crippen LogP contribution in [0.15, 0.2) is 47.3 Å². The summed E-state index contributed by atoms with van der Waals surface area (Å²) in [5.74, 6) is -0.528. The third-order valence-electron chi connectivity index (χ3n) is 4.28. The van der Waals surface area contributed by atoms with Gasteiger partial charge in [-0.05, 0) is 48.9 Å². The molecule has 0 aliphatic heterocycles. The topological polar surface area (TPSA) is 55.1 Å². The molecule has 27 heavy (non-hydrogen) atoms. The Bertz CT molecular complexity index is 1030.